The molecule has 0 aliphatic heterocycles. The van der Waals surface area contributed by atoms with Crippen molar-refractivity contribution in [1.29, 1.82) is 5.41 Å². The average Bonchev–Trinajstić information content (AvgIpc) is 2.84. The van der Waals surface area contributed by atoms with E-state index in [1.54, 1.807) is 26.4 Å². The Morgan fingerprint density at radius 3 is 2.06 bits per heavy atom. The summed E-state index contributed by atoms with van der Waals surface area (Å²) in [4.78, 5) is 10.5. The molecular formula is C26H31N3O5. The molecule has 6 N–H and O–H groups in total. The Hall–Kier alpha value is -4.20. The first kappa shape index (κ1) is 26.1. The summed E-state index contributed by atoms with van der Waals surface area (Å²) in [6.45, 7) is 4.77. The van der Waals surface area contributed by atoms with Crippen LogP contribution in [0.25, 0.3) is 0 Å². The average molecular weight is 466 g/mol. The Labute approximate surface area is 199 Å². The highest BCUT2D eigenvalue weighted by molar-refractivity contribution is 5.94. The Kier molecular flexibility index (Phi) is 9.31. The first-order chi connectivity index (χ1) is 16.2. The molecule has 0 atom stereocenters. The molecule has 180 valence electrons. The van der Waals surface area contributed by atoms with Crippen LogP contribution in [0.5, 0.6) is 23.0 Å². The fraction of sp³-hybridized carbons (Fsp3) is 0.231. The van der Waals surface area contributed by atoms with E-state index in [1.165, 1.54) is 30.0 Å². The van der Waals surface area contributed by atoms with E-state index in [0.717, 1.165) is 5.56 Å². The third-order valence-corrected chi connectivity index (χ3v) is 4.99. The van der Waals surface area contributed by atoms with Crippen LogP contribution >= 0.6 is 0 Å². The minimum atomic E-state index is -0.559. The topological polar surface area (TPSA) is 141 Å². The Morgan fingerprint density at radius 2 is 1.62 bits per heavy atom. The van der Waals surface area contributed by atoms with Gasteiger partial charge in [-0.3, -0.25) is 4.79 Å². The number of methoxy groups -OCH3 is 2. The summed E-state index contributed by atoms with van der Waals surface area (Å²) in [7, 11) is 3.15. The monoisotopic (exact) mass is 465 g/mol. The molecule has 1 amide bonds. The van der Waals surface area contributed by atoms with Crippen molar-refractivity contribution in [2.75, 3.05) is 20.0 Å². The molecule has 3 aromatic carbocycles. The number of nitrogen functional groups attached to an aromatic ring is 1. The molecular weight excluding hydrogens is 434 g/mol. The molecule has 0 saturated carbocycles. The number of ether oxygens (including phenoxy) is 3. The standard InChI is InChI=1S/C19H23NO3.C7H8N2O2/c1-13(2)16-7-5-14(6-8-16)12-23-19-17(21-3)9-15(11-20)10-18(19)22-4;8-5-3-4(7(9)11)1-2-6(5)10/h5-11,13,20H,12H2,1-4H3;1-3,10H,8H2,(H2,9,11). The first-order valence-electron chi connectivity index (χ1n) is 10.6. The maximum absolute atomic E-state index is 10.5. The third-order valence-electron chi connectivity index (χ3n) is 4.99. The number of nitrogens with two attached hydrogens (primary N) is 2. The molecule has 8 nitrogen and oxygen atoms in total. The smallest absolute Gasteiger partial charge is 0.248 e. The number of benzene rings is 3. The van der Waals surface area contributed by atoms with Gasteiger partial charge in [-0.05, 0) is 52.9 Å². The molecule has 0 heterocycles. The van der Waals surface area contributed by atoms with Gasteiger partial charge in [0.15, 0.2) is 11.5 Å². The summed E-state index contributed by atoms with van der Waals surface area (Å²) in [6, 6.07) is 16.0. The van der Waals surface area contributed by atoms with Crippen LogP contribution in [0.3, 0.4) is 0 Å². The number of rotatable bonds is 8. The van der Waals surface area contributed by atoms with Gasteiger partial charge in [0.25, 0.3) is 0 Å². The molecule has 0 saturated heterocycles. The van der Waals surface area contributed by atoms with Crippen molar-refractivity contribution in [1.82, 2.24) is 0 Å². The van der Waals surface area contributed by atoms with Crippen molar-refractivity contribution in [3.8, 4) is 23.0 Å². The second kappa shape index (κ2) is 12.2. The minimum Gasteiger partial charge on any atom is -0.506 e. The summed E-state index contributed by atoms with van der Waals surface area (Å²) in [5.74, 6) is 1.57. The molecule has 3 rings (SSSR count). The highest BCUT2D eigenvalue weighted by atomic mass is 16.5. The molecule has 0 aliphatic carbocycles. The number of primary amides is 1. The molecule has 0 radical (unpaired) electrons. The van der Waals surface area contributed by atoms with Gasteiger partial charge >= 0.3 is 0 Å². The van der Waals surface area contributed by atoms with Crippen molar-refractivity contribution in [3.63, 3.8) is 0 Å². The number of phenolic OH excluding ortho intramolecular Hbond substituents is 1. The Balaban J connectivity index is 0.000000310. The lowest BCUT2D eigenvalue weighted by atomic mass is 10.0. The van der Waals surface area contributed by atoms with Crippen molar-refractivity contribution in [2.24, 2.45) is 5.73 Å². The van der Waals surface area contributed by atoms with E-state index in [1.807, 2.05) is 0 Å². The molecule has 3 aromatic rings. The molecule has 0 aromatic heterocycles. The van der Waals surface area contributed by atoms with E-state index in [9.17, 15) is 4.79 Å². The summed E-state index contributed by atoms with van der Waals surface area (Å²) >= 11 is 0. The largest absolute Gasteiger partial charge is 0.506 e. The van der Waals surface area contributed by atoms with E-state index in [2.05, 4.69) is 38.1 Å². The quantitative estimate of drug-likeness (QED) is 0.220. The lowest BCUT2D eigenvalue weighted by molar-refractivity contribution is 0.100. The summed E-state index contributed by atoms with van der Waals surface area (Å²) in [5, 5.41) is 16.3. The van der Waals surface area contributed by atoms with Gasteiger partial charge in [-0.15, -0.1) is 0 Å². The molecule has 0 bridgehead atoms. The van der Waals surface area contributed by atoms with Gasteiger partial charge in [0.2, 0.25) is 11.7 Å². The van der Waals surface area contributed by atoms with E-state index in [0.29, 0.717) is 40.9 Å². The molecule has 0 spiro atoms. The number of nitrogens with one attached hydrogen (secondary N) is 1. The zero-order valence-corrected chi connectivity index (χ0v) is 19.8. The highest BCUT2D eigenvalue weighted by Gasteiger charge is 2.14. The number of phenols is 1. The van der Waals surface area contributed by atoms with Crippen molar-refractivity contribution >= 4 is 17.8 Å². The zero-order valence-electron chi connectivity index (χ0n) is 19.8. The fourth-order valence-corrected chi connectivity index (χ4v) is 2.99. The molecule has 0 unspecified atom stereocenters. The second-order valence-electron chi connectivity index (χ2n) is 7.72. The van der Waals surface area contributed by atoms with E-state index in [4.69, 9.17) is 36.2 Å². The Bertz CT molecular complexity index is 1100. The van der Waals surface area contributed by atoms with E-state index >= 15 is 0 Å². The van der Waals surface area contributed by atoms with E-state index < -0.39 is 5.91 Å². The Morgan fingerprint density at radius 1 is 1.03 bits per heavy atom. The molecule has 8 heteroatoms. The predicted octanol–water partition coefficient (Wildman–Crippen LogP) is 4.48. The maximum atomic E-state index is 10.5. The minimum absolute atomic E-state index is 0.0463. The summed E-state index contributed by atoms with van der Waals surface area (Å²) in [5.41, 5.74) is 13.8. The van der Waals surface area contributed by atoms with Gasteiger partial charge in [-0.25, -0.2) is 0 Å². The predicted molar refractivity (Wildman–Crippen MR) is 133 cm³/mol. The second-order valence-corrected chi connectivity index (χ2v) is 7.72. The number of hydrogen-bond donors (Lipinski definition) is 4. The highest BCUT2D eigenvalue weighted by Crippen LogP contribution is 2.38. The van der Waals surface area contributed by atoms with Gasteiger partial charge in [0.1, 0.15) is 12.4 Å². The van der Waals surface area contributed by atoms with Crippen LogP contribution in [0, 0.1) is 5.41 Å². The fourth-order valence-electron chi connectivity index (χ4n) is 2.99. The summed E-state index contributed by atoms with van der Waals surface area (Å²) < 4.78 is 16.6. The van der Waals surface area contributed by atoms with Crippen LogP contribution in [0.15, 0.2) is 54.6 Å². The van der Waals surface area contributed by atoms with Crippen LogP contribution < -0.4 is 25.7 Å². The lowest BCUT2D eigenvalue weighted by Crippen LogP contribution is -2.10. The van der Waals surface area contributed by atoms with Crippen LogP contribution in [-0.2, 0) is 6.61 Å². The lowest BCUT2D eigenvalue weighted by Gasteiger charge is -2.15. The molecule has 34 heavy (non-hydrogen) atoms. The normalized spacial score (nSPS) is 10.1. The van der Waals surface area contributed by atoms with Crippen LogP contribution in [0.2, 0.25) is 0 Å². The molecule has 0 aliphatic rings. The van der Waals surface area contributed by atoms with Crippen LogP contribution in [0.4, 0.5) is 5.69 Å². The van der Waals surface area contributed by atoms with Gasteiger partial charge in [-0.1, -0.05) is 38.1 Å². The number of hydrogen-bond acceptors (Lipinski definition) is 7. The van der Waals surface area contributed by atoms with Gasteiger partial charge in [0.05, 0.1) is 19.9 Å². The van der Waals surface area contributed by atoms with Gasteiger partial charge in [0, 0.05) is 11.8 Å². The van der Waals surface area contributed by atoms with Crippen LogP contribution in [0.1, 0.15) is 46.8 Å². The number of carbonyl (C=O) groups is 1. The van der Waals surface area contributed by atoms with Gasteiger partial charge in [-0.2, -0.15) is 0 Å². The van der Waals surface area contributed by atoms with Crippen molar-refractivity contribution < 1.29 is 24.1 Å². The molecule has 0 fully saturated rings. The van der Waals surface area contributed by atoms with Crippen LogP contribution in [-0.4, -0.2) is 31.4 Å². The van der Waals surface area contributed by atoms with Gasteiger partial charge < -0.3 is 36.2 Å². The summed E-state index contributed by atoms with van der Waals surface area (Å²) in [6.07, 6.45) is 1.25. The van der Waals surface area contributed by atoms with Crippen molar-refractivity contribution in [3.05, 3.63) is 76.9 Å². The van der Waals surface area contributed by atoms with Crippen molar-refractivity contribution in [2.45, 2.75) is 26.4 Å². The SMILES string of the molecule is COc1cc(C=N)cc(OC)c1OCc1ccc(C(C)C)cc1.NC(=O)c1ccc(O)c(N)c1. The third kappa shape index (κ3) is 6.90. The number of aromatic hydroxyl groups is 1. The number of carbonyl (C=O) groups excluding carboxylic acids is 1. The van der Waals surface area contributed by atoms with E-state index in [-0.39, 0.29) is 11.4 Å². The number of anilines is 1. The first-order valence-corrected chi connectivity index (χ1v) is 10.6. The maximum Gasteiger partial charge on any atom is 0.248 e. The number of amides is 1. The zero-order chi connectivity index (χ0) is 25.3.